The monoisotopic (exact) mass is 265 g/mol. The van der Waals surface area contributed by atoms with Gasteiger partial charge in [-0.05, 0) is 20.8 Å². The molecule has 0 bridgehead atoms. The predicted molar refractivity (Wildman–Crippen MR) is 72.9 cm³/mol. The summed E-state index contributed by atoms with van der Waals surface area (Å²) in [6, 6.07) is 0. The van der Waals surface area contributed by atoms with E-state index in [9.17, 15) is 4.39 Å². The van der Waals surface area contributed by atoms with E-state index < -0.39 is 6.67 Å². The van der Waals surface area contributed by atoms with Gasteiger partial charge >= 0.3 is 0 Å². The molecule has 0 fully saturated rings. The zero-order valence-electron chi connectivity index (χ0n) is 11.6. The lowest BCUT2D eigenvalue weighted by molar-refractivity contribution is 0.429. The van der Waals surface area contributed by atoms with Crippen molar-refractivity contribution in [3.8, 4) is 0 Å². The number of aryl methyl sites for hydroxylation is 4. The predicted octanol–water partition coefficient (Wildman–Crippen LogP) is 2.30. The fourth-order valence-electron chi connectivity index (χ4n) is 2.03. The molecule has 2 aromatic rings. The number of rotatable bonds is 6. The number of nitrogens with one attached hydrogen (secondary N) is 1. The molecule has 0 aromatic carbocycles. The van der Waals surface area contributed by atoms with Gasteiger partial charge in [-0.15, -0.1) is 0 Å². The summed E-state index contributed by atoms with van der Waals surface area (Å²) in [5.41, 5.74) is 3.19. The molecule has 6 heteroatoms. The maximum absolute atomic E-state index is 12.4. The molecule has 0 saturated heterocycles. The Morgan fingerprint density at radius 1 is 1.37 bits per heavy atom. The fraction of sp³-hybridized carbons (Fsp3) is 0.538. The van der Waals surface area contributed by atoms with Crippen molar-refractivity contribution in [2.75, 3.05) is 12.0 Å². The third-order valence-corrected chi connectivity index (χ3v) is 3.14. The molecule has 0 aliphatic rings. The zero-order valence-corrected chi connectivity index (χ0v) is 11.6. The van der Waals surface area contributed by atoms with Crippen molar-refractivity contribution in [3.63, 3.8) is 0 Å². The molecule has 0 unspecified atom stereocenters. The summed E-state index contributed by atoms with van der Waals surface area (Å²) in [4.78, 5) is 0. The first-order valence-electron chi connectivity index (χ1n) is 6.50. The van der Waals surface area contributed by atoms with Crippen molar-refractivity contribution >= 4 is 5.82 Å². The number of nitrogens with zero attached hydrogens (tertiary/aromatic N) is 4. The van der Waals surface area contributed by atoms with Crippen molar-refractivity contribution in [2.24, 2.45) is 0 Å². The largest absolute Gasteiger partial charge is 0.366 e. The zero-order chi connectivity index (χ0) is 13.8. The highest BCUT2D eigenvalue weighted by Crippen LogP contribution is 2.16. The van der Waals surface area contributed by atoms with Crippen LogP contribution in [0.25, 0.3) is 0 Å². The van der Waals surface area contributed by atoms with Crippen molar-refractivity contribution in [1.82, 2.24) is 19.6 Å². The van der Waals surface area contributed by atoms with Crippen LogP contribution in [-0.4, -0.2) is 26.2 Å². The van der Waals surface area contributed by atoms with Gasteiger partial charge in [0.1, 0.15) is 12.5 Å². The molecular weight excluding hydrogens is 245 g/mol. The number of alkyl halides is 1. The summed E-state index contributed by atoms with van der Waals surface area (Å²) in [6.07, 6.45) is 3.79. The molecule has 0 radical (unpaired) electrons. The van der Waals surface area contributed by atoms with Crippen molar-refractivity contribution < 1.29 is 4.39 Å². The molecule has 19 heavy (non-hydrogen) atoms. The summed E-state index contributed by atoms with van der Waals surface area (Å²) < 4.78 is 16.0. The van der Waals surface area contributed by atoms with Crippen molar-refractivity contribution in [1.29, 1.82) is 0 Å². The highest BCUT2D eigenvalue weighted by atomic mass is 19.1. The highest BCUT2D eigenvalue weighted by molar-refractivity contribution is 5.43. The van der Waals surface area contributed by atoms with Gasteiger partial charge < -0.3 is 5.32 Å². The minimum Gasteiger partial charge on any atom is -0.366 e. The number of anilines is 1. The van der Waals surface area contributed by atoms with Crippen LogP contribution in [0.1, 0.15) is 23.7 Å². The normalized spacial score (nSPS) is 10.9. The Balaban J connectivity index is 2.09. The van der Waals surface area contributed by atoms with Crippen LogP contribution < -0.4 is 5.32 Å². The number of hydrogen-bond acceptors (Lipinski definition) is 3. The average Bonchev–Trinajstić information content (AvgIpc) is 2.92. The number of halogens is 1. The first kappa shape index (κ1) is 13.6. The van der Waals surface area contributed by atoms with Crippen LogP contribution in [0, 0.1) is 13.8 Å². The van der Waals surface area contributed by atoms with Gasteiger partial charge in [-0.2, -0.15) is 10.2 Å². The Bertz CT molecular complexity index is 543. The van der Waals surface area contributed by atoms with E-state index in [0.29, 0.717) is 6.54 Å². The Kier molecular flexibility index (Phi) is 4.19. The highest BCUT2D eigenvalue weighted by Gasteiger charge is 2.09. The second-order valence-electron chi connectivity index (χ2n) is 4.54. The Hall–Kier alpha value is -1.85. The first-order chi connectivity index (χ1) is 9.15. The Morgan fingerprint density at radius 2 is 2.16 bits per heavy atom. The maximum atomic E-state index is 12.4. The van der Waals surface area contributed by atoms with Crippen LogP contribution in [0.2, 0.25) is 0 Å². The van der Waals surface area contributed by atoms with E-state index in [1.165, 1.54) is 0 Å². The van der Waals surface area contributed by atoms with E-state index >= 15 is 0 Å². The summed E-state index contributed by atoms with van der Waals surface area (Å²) in [7, 11) is 0. The van der Waals surface area contributed by atoms with E-state index in [-0.39, 0.29) is 6.54 Å². The minimum absolute atomic E-state index is 0.281. The molecule has 2 heterocycles. The molecular formula is C13H20FN5. The van der Waals surface area contributed by atoms with Gasteiger partial charge in [0, 0.05) is 30.4 Å². The summed E-state index contributed by atoms with van der Waals surface area (Å²) in [6.45, 7) is 7.42. The summed E-state index contributed by atoms with van der Waals surface area (Å²) in [5.74, 6) is 0.876. The van der Waals surface area contributed by atoms with Crippen LogP contribution in [0.3, 0.4) is 0 Å². The summed E-state index contributed by atoms with van der Waals surface area (Å²) >= 11 is 0. The third kappa shape index (κ3) is 2.94. The molecule has 0 aliphatic carbocycles. The average molecular weight is 265 g/mol. The van der Waals surface area contributed by atoms with Crippen LogP contribution >= 0.6 is 0 Å². The molecule has 0 atom stereocenters. The lowest BCUT2D eigenvalue weighted by Crippen LogP contribution is -2.10. The Morgan fingerprint density at radius 3 is 2.79 bits per heavy atom. The van der Waals surface area contributed by atoms with Crippen LogP contribution in [-0.2, 0) is 19.6 Å². The standard InChI is InChI=1S/C13H20FN5/c1-4-18-9-12(11(3)17-18)8-15-13-10(2)7-16-19(13)6-5-14/h7,9,15H,4-6,8H2,1-3H3. The van der Waals surface area contributed by atoms with Gasteiger partial charge in [0.05, 0.1) is 18.4 Å². The number of aromatic nitrogens is 4. The van der Waals surface area contributed by atoms with Crippen LogP contribution in [0.4, 0.5) is 10.2 Å². The minimum atomic E-state index is -0.414. The van der Waals surface area contributed by atoms with Gasteiger partial charge in [0.2, 0.25) is 0 Å². The van der Waals surface area contributed by atoms with E-state index in [2.05, 4.69) is 22.4 Å². The van der Waals surface area contributed by atoms with Gasteiger partial charge in [-0.1, -0.05) is 0 Å². The lowest BCUT2D eigenvalue weighted by Gasteiger charge is -2.09. The van der Waals surface area contributed by atoms with E-state index in [1.54, 1.807) is 10.9 Å². The number of hydrogen-bond donors (Lipinski definition) is 1. The van der Waals surface area contributed by atoms with Gasteiger partial charge in [0.15, 0.2) is 0 Å². The SMILES string of the molecule is CCn1cc(CNc2c(C)cnn2CCF)c(C)n1. The molecule has 0 aliphatic heterocycles. The molecule has 0 amide bonds. The van der Waals surface area contributed by atoms with Crippen molar-refractivity contribution in [3.05, 3.63) is 29.2 Å². The van der Waals surface area contributed by atoms with E-state index in [4.69, 9.17) is 0 Å². The molecule has 0 saturated carbocycles. The maximum Gasteiger partial charge on any atom is 0.127 e. The fourth-order valence-corrected chi connectivity index (χ4v) is 2.03. The second kappa shape index (κ2) is 5.86. The van der Waals surface area contributed by atoms with E-state index in [1.807, 2.05) is 24.7 Å². The third-order valence-electron chi connectivity index (χ3n) is 3.14. The molecule has 2 rings (SSSR count). The van der Waals surface area contributed by atoms with Gasteiger partial charge in [0.25, 0.3) is 0 Å². The molecule has 0 spiro atoms. The quantitative estimate of drug-likeness (QED) is 0.871. The first-order valence-corrected chi connectivity index (χ1v) is 6.50. The van der Waals surface area contributed by atoms with Crippen molar-refractivity contribution in [2.45, 2.75) is 40.4 Å². The Labute approximate surface area is 112 Å². The molecule has 5 nitrogen and oxygen atoms in total. The topological polar surface area (TPSA) is 47.7 Å². The summed E-state index contributed by atoms with van der Waals surface area (Å²) in [5, 5.41) is 11.9. The van der Waals surface area contributed by atoms with E-state index in [0.717, 1.165) is 29.2 Å². The molecule has 104 valence electrons. The molecule has 2 aromatic heterocycles. The molecule has 1 N–H and O–H groups in total. The lowest BCUT2D eigenvalue weighted by atomic mass is 10.2. The van der Waals surface area contributed by atoms with Gasteiger partial charge in [-0.25, -0.2) is 9.07 Å². The van der Waals surface area contributed by atoms with Crippen LogP contribution in [0.5, 0.6) is 0 Å². The van der Waals surface area contributed by atoms with Crippen LogP contribution in [0.15, 0.2) is 12.4 Å². The second-order valence-corrected chi connectivity index (χ2v) is 4.54. The van der Waals surface area contributed by atoms with Gasteiger partial charge in [-0.3, -0.25) is 4.68 Å². The smallest absolute Gasteiger partial charge is 0.127 e.